The number of nitrogens with zero attached hydrogens (tertiary/aromatic N) is 2. The fraction of sp³-hybridized carbons (Fsp3) is 0.0385. The van der Waals surface area contributed by atoms with Crippen molar-refractivity contribution in [3.05, 3.63) is 140 Å². The molecule has 0 aromatic heterocycles. The number of carbonyl (C=O) groups excluding carboxylic acids is 1. The van der Waals surface area contributed by atoms with Crippen molar-refractivity contribution >= 4 is 27.0 Å². The molecule has 0 saturated carbocycles. The number of sulfone groups is 1. The van der Waals surface area contributed by atoms with Gasteiger partial charge in [0.2, 0.25) is 9.84 Å². The lowest BCUT2D eigenvalue weighted by Crippen LogP contribution is -2.18. The van der Waals surface area contributed by atoms with Crippen LogP contribution in [0.25, 0.3) is 0 Å². The van der Waals surface area contributed by atoms with Crippen LogP contribution in [0.3, 0.4) is 0 Å². The minimum atomic E-state index is -4.48. The van der Waals surface area contributed by atoms with Gasteiger partial charge in [0, 0.05) is 23.8 Å². The highest BCUT2D eigenvalue weighted by Crippen LogP contribution is 2.35. The molecule has 0 aliphatic heterocycles. The van der Waals surface area contributed by atoms with Crippen LogP contribution in [0.2, 0.25) is 0 Å². The summed E-state index contributed by atoms with van der Waals surface area (Å²) < 4.78 is 27.2. The third-order valence-electron chi connectivity index (χ3n) is 5.60. The van der Waals surface area contributed by atoms with E-state index in [4.69, 9.17) is 0 Å². The van der Waals surface area contributed by atoms with Gasteiger partial charge in [-0.1, -0.05) is 72.8 Å². The number of hydrogen-bond donors (Lipinski definition) is 0. The van der Waals surface area contributed by atoms with Gasteiger partial charge in [-0.2, -0.15) is 0 Å². The summed E-state index contributed by atoms with van der Waals surface area (Å²) in [7, 11) is -4.48. The summed E-state index contributed by atoms with van der Waals surface area (Å²) in [5.74, 6) is -1.69. The van der Waals surface area contributed by atoms with E-state index < -0.39 is 46.9 Å². The van der Waals surface area contributed by atoms with E-state index in [2.05, 4.69) is 0 Å². The van der Waals surface area contributed by atoms with Gasteiger partial charge in [-0.3, -0.25) is 25.0 Å². The predicted molar refractivity (Wildman–Crippen MR) is 131 cm³/mol. The topological polar surface area (TPSA) is 137 Å². The van der Waals surface area contributed by atoms with Gasteiger partial charge in [0.05, 0.1) is 20.7 Å². The SMILES string of the molecule is O=C(c1ccccc1S(=O)(=O)c1ccccc1[N+](=O)[O-])C(c1ccccc1)c1cccc([N+](=O)[O-])c1. The monoisotopic (exact) mass is 502 g/mol. The molecule has 4 aromatic carbocycles. The fourth-order valence-electron chi connectivity index (χ4n) is 3.97. The third kappa shape index (κ3) is 4.62. The molecule has 4 aromatic rings. The van der Waals surface area contributed by atoms with Crippen molar-refractivity contribution in [3.63, 3.8) is 0 Å². The zero-order chi connectivity index (χ0) is 25.9. The van der Waals surface area contributed by atoms with Crippen LogP contribution >= 0.6 is 0 Å². The summed E-state index contributed by atoms with van der Waals surface area (Å²) >= 11 is 0. The number of carbonyl (C=O) groups is 1. The van der Waals surface area contributed by atoms with E-state index >= 15 is 0 Å². The Morgan fingerprint density at radius 2 is 1.25 bits per heavy atom. The standard InChI is InChI=1S/C26H18N2O7S/c29-26(25(18-9-2-1-3-10-18)19-11-8-12-20(17-19)27(30)31)21-13-4-6-15-23(21)36(34,35)24-16-7-5-14-22(24)28(32)33/h1-17,25H. The van der Waals surface area contributed by atoms with Crippen LogP contribution in [0, 0.1) is 20.2 Å². The molecular weight excluding hydrogens is 484 g/mol. The summed E-state index contributed by atoms with van der Waals surface area (Å²) in [6, 6.07) is 24.4. The number of para-hydroxylation sites is 1. The predicted octanol–water partition coefficient (Wildman–Crippen LogP) is 5.35. The molecule has 1 atom stereocenters. The van der Waals surface area contributed by atoms with E-state index in [0.717, 1.165) is 12.1 Å². The first kappa shape index (κ1) is 24.4. The third-order valence-corrected chi connectivity index (χ3v) is 7.46. The van der Waals surface area contributed by atoms with Crippen molar-refractivity contribution in [3.8, 4) is 0 Å². The number of rotatable bonds is 8. The first-order valence-electron chi connectivity index (χ1n) is 10.6. The van der Waals surface area contributed by atoms with Crippen molar-refractivity contribution in [1.82, 2.24) is 0 Å². The summed E-state index contributed by atoms with van der Waals surface area (Å²) in [5.41, 5.74) is -0.213. The molecule has 0 saturated heterocycles. The lowest BCUT2D eigenvalue weighted by molar-refractivity contribution is -0.387. The molecule has 9 nitrogen and oxygen atoms in total. The second-order valence-corrected chi connectivity index (χ2v) is 9.67. The van der Waals surface area contributed by atoms with E-state index in [1.165, 1.54) is 54.6 Å². The van der Waals surface area contributed by atoms with E-state index in [0.29, 0.717) is 11.1 Å². The Morgan fingerprint density at radius 1 is 0.667 bits per heavy atom. The molecule has 0 N–H and O–H groups in total. The Balaban J connectivity index is 1.92. The van der Waals surface area contributed by atoms with Crippen LogP contribution in [0.5, 0.6) is 0 Å². The number of nitro groups is 2. The smallest absolute Gasteiger partial charge is 0.288 e. The Hall–Kier alpha value is -4.70. The lowest BCUT2D eigenvalue weighted by atomic mass is 9.84. The van der Waals surface area contributed by atoms with Crippen LogP contribution in [0.4, 0.5) is 11.4 Å². The second-order valence-electron chi connectivity index (χ2n) is 7.78. The summed E-state index contributed by atoms with van der Waals surface area (Å²) in [4.78, 5) is 34.5. The fourth-order valence-corrected chi connectivity index (χ4v) is 5.60. The molecule has 0 aliphatic carbocycles. The van der Waals surface area contributed by atoms with Crippen LogP contribution in [0.15, 0.2) is 113 Å². The van der Waals surface area contributed by atoms with Gasteiger partial charge in [-0.05, 0) is 23.3 Å². The molecule has 0 amide bonds. The first-order valence-corrected chi connectivity index (χ1v) is 12.1. The minimum absolute atomic E-state index is 0.184. The van der Waals surface area contributed by atoms with Crippen molar-refractivity contribution in [2.24, 2.45) is 0 Å². The maximum Gasteiger partial charge on any atom is 0.288 e. The Labute approximate surface area is 205 Å². The normalized spacial score (nSPS) is 12.0. The molecule has 0 bridgehead atoms. The Bertz CT molecular complexity index is 1580. The molecular formula is C26H18N2O7S. The summed E-state index contributed by atoms with van der Waals surface area (Å²) in [6.45, 7) is 0. The highest BCUT2D eigenvalue weighted by Gasteiger charge is 2.33. The van der Waals surface area contributed by atoms with E-state index in [1.54, 1.807) is 36.4 Å². The quantitative estimate of drug-likeness (QED) is 0.180. The molecule has 4 rings (SSSR count). The Kier molecular flexibility index (Phi) is 6.71. The van der Waals surface area contributed by atoms with Gasteiger partial charge in [0.1, 0.15) is 4.90 Å². The zero-order valence-corrected chi connectivity index (χ0v) is 19.4. The molecule has 10 heteroatoms. The van der Waals surface area contributed by atoms with E-state index in [-0.39, 0.29) is 11.3 Å². The van der Waals surface area contributed by atoms with Crippen LogP contribution in [-0.4, -0.2) is 24.0 Å². The average molecular weight is 503 g/mol. The first-order chi connectivity index (χ1) is 17.2. The maximum absolute atomic E-state index is 14.0. The van der Waals surface area contributed by atoms with Gasteiger partial charge in [-0.15, -0.1) is 0 Å². The van der Waals surface area contributed by atoms with Crippen molar-refractivity contribution < 1.29 is 23.1 Å². The highest BCUT2D eigenvalue weighted by atomic mass is 32.2. The Morgan fingerprint density at radius 3 is 1.92 bits per heavy atom. The molecule has 1 unspecified atom stereocenters. The molecule has 180 valence electrons. The number of ketones is 1. The van der Waals surface area contributed by atoms with E-state index in [1.807, 2.05) is 0 Å². The highest BCUT2D eigenvalue weighted by molar-refractivity contribution is 7.91. The van der Waals surface area contributed by atoms with Gasteiger partial charge < -0.3 is 0 Å². The number of non-ortho nitro benzene ring substituents is 1. The summed E-state index contributed by atoms with van der Waals surface area (Å²) in [6.07, 6.45) is 0. The van der Waals surface area contributed by atoms with Gasteiger partial charge in [0.15, 0.2) is 5.78 Å². The molecule has 0 fully saturated rings. The van der Waals surface area contributed by atoms with E-state index in [9.17, 15) is 33.4 Å². The van der Waals surface area contributed by atoms with Crippen LogP contribution in [-0.2, 0) is 9.84 Å². The van der Waals surface area contributed by atoms with Gasteiger partial charge in [0.25, 0.3) is 11.4 Å². The largest absolute Gasteiger partial charge is 0.293 e. The maximum atomic E-state index is 14.0. The molecule has 36 heavy (non-hydrogen) atoms. The number of benzene rings is 4. The van der Waals surface area contributed by atoms with Crippen molar-refractivity contribution in [2.45, 2.75) is 15.7 Å². The van der Waals surface area contributed by atoms with Crippen molar-refractivity contribution in [1.29, 1.82) is 0 Å². The van der Waals surface area contributed by atoms with Crippen LogP contribution in [0.1, 0.15) is 27.4 Å². The minimum Gasteiger partial charge on any atom is -0.293 e. The van der Waals surface area contributed by atoms with Gasteiger partial charge in [-0.25, -0.2) is 8.42 Å². The zero-order valence-electron chi connectivity index (χ0n) is 18.6. The molecule has 0 aliphatic rings. The molecule has 0 heterocycles. The second kappa shape index (κ2) is 9.88. The number of Topliss-reactive ketones (excluding diaryl/α,β-unsaturated/α-hetero) is 1. The molecule has 0 spiro atoms. The van der Waals surface area contributed by atoms with Crippen LogP contribution < -0.4 is 0 Å². The molecule has 0 radical (unpaired) electrons. The summed E-state index contributed by atoms with van der Waals surface area (Å²) in [5, 5.41) is 22.9. The average Bonchev–Trinajstić information content (AvgIpc) is 2.89. The number of nitro benzene ring substituents is 2. The number of hydrogen-bond acceptors (Lipinski definition) is 7. The van der Waals surface area contributed by atoms with Gasteiger partial charge >= 0.3 is 0 Å². The van der Waals surface area contributed by atoms with Crippen molar-refractivity contribution in [2.75, 3.05) is 0 Å². The lowest BCUT2D eigenvalue weighted by Gasteiger charge is -2.19.